The number of hydrogen-bond donors (Lipinski definition) is 2. The van der Waals surface area contributed by atoms with Crippen molar-refractivity contribution < 1.29 is 9.50 Å². The number of anilines is 1. The molecule has 5 nitrogen and oxygen atoms in total. The number of nitrogens with one attached hydrogen (secondary N) is 1. The first-order valence-electron chi connectivity index (χ1n) is 11.7. The van der Waals surface area contributed by atoms with Crippen molar-refractivity contribution >= 4 is 40.2 Å². The Bertz CT molecular complexity index is 1370. The van der Waals surface area contributed by atoms with Gasteiger partial charge in [-0.2, -0.15) is 5.10 Å². The number of fused-ring (bicyclic) bond motifs is 1. The maximum absolute atomic E-state index is 13.8. The summed E-state index contributed by atoms with van der Waals surface area (Å²) in [6, 6.07) is 16.6. The second-order valence-corrected chi connectivity index (χ2v) is 11.2. The van der Waals surface area contributed by atoms with Gasteiger partial charge in [0.2, 0.25) is 0 Å². The van der Waals surface area contributed by atoms with Gasteiger partial charge in [0.05, 0.1) is 23.2 Å². The topological polar surface area (TPSA) is 62.5 Å². The number of aromatic nitrogens is 3. The van der Waals surface area contributed by atoms with Gasteiger partial charge in [-0.1, -0.05) is 54.3 Å². The van der Waals surface area contributed by atoms with E-state index in [-0.39, 0.29) is 5.82 Å². The molecule has 35 heavy (non-hydrogen) atoms. The molecule has 0 unspecified atom stereocenters. The Labute approximate surface area is 213 Å². The van der Waals surface area contributed by atoms with E-state index in [4.69, 9.17) is 17.3 Å². The minimum atomic E-state index is -0.903. The monoisotopic (exact) mass is 506 g/mol. The van der Waals surface area contributed by atoms with Crippen LogP contribution >= 0.6 is 24.0 Å². The predicted octanol–water partition coefficient (Wildman–Crippen LogP) is 6.39. The van der Waals surface area contributed by atoms with Gasteiger partial charge in [-0.05, 0) is 68.9 Å². The maximum atomic E-state index is 13.8. The van der Waals surface area contributed by atoms with Crippen molar-refractivity contribution in [3.05, 3.63) is 72.2 Å². The molecule has 1 fully saturated rings. The lowest BCUT2D eigenvalue weighted by Crippen LogP contribution is -2.29. The Hall–Kier alpha value is -2.81. The van der Waals surface area contributed by atoms with Crippen molar-refractivity contribution in [3.8, 4) is 11.3 Å². The quantitative estimate of drug-likeness (QED) is 0.203. The molecule has 2 aromatic heterocycles. The average Bonchev–Trinajstić information content (AvgIpc) is 3.52. The summed E-state index contributed by atoms with van der Waals surface area (Å²) in [6.07, 6.45) is 5.35. The number of thiocarbonyl (C=S) groups is 1. The summed E-state index contributed by atoms with van der Waals surface area (Å²) in [4.78, 5) is 6.39. The van der Waals surface area contributed by atoms with E-state index in [2.05, 4.69) is 34.6 Å². The van der Waals surface area contributed by atoms with E-state index in [1.54, 1.807) is 30.6 Å². The minimum absolute atomic E-state index is 0.292. The molecule has 0 radical (unpaired) electrons. The molecule has 4 aromatic rings. The SMILES string of the molecule is CC(C)(O)CNc1cc(Sc2cccc(F)c2)nn2c(-c3ccc(C(=S)CC4CC4)cc3)cnc12. The number of hydrogen-bond acceptors (Lipinski definition) is 6. The lowest BCUT2D eigenvalue weighted by Gasteiger charge is -2.19. The fourth-order valence-corrected chi connectivity index (χ4v) is 5.05. The van der Waals surface area contributed by atoms with Crippen molar-refractivity contribution in [1.82, 2.24) is 14.6 Å². The molecule has 8 heteroatoms. The molecule has 2 heterocycles. The molecular formula is C27H27FN4OS2. The fourth-order valence-electron chi connectivity index (χ4n) is 3.81. The zero-order valence-electron chi connectivity index (χ0n) is 19.7. The molecule has 1 saturated carbocycles. The third kappa shape index (κ3) is 5.89. The first kappa shape index (κ1) is 23.9. The summed E-state index contributed by atoms with van der Waals surface area (Å²) < 4.78 is 15.6. The zero-order valence-corrected chi connectivity index (χ0v) is 21.3. The van der Waals surface area contributed by atoms with Crippen LogP contribution in [0, 0.1) is 11.7 Å². The van der Waals surface area contributed by atoms with Gasteiger partial charge in [-0.3, -0.25) is 0 Å². The van der Waals surface area contributed by atoms with E-state index in [0.29, 0.717) is 17.2 Å². The number of halogens is 1. The van der Waals surface area contributed by atoms with Gasteiger partial charge >= 0.3 is 0 Å². The normalized spacial score (nSPS) is 13.8. The first-order chi connectivity index (χ1) is 16.7. The molecule has 2 aromatic carbocycles. The van der Waals surface area contributed by atoms with E-state index >= 15 is 0 Å². The molecule has 0 amide bonds. The number of nitrogens with zero attached hydrogens (tertiary/aromatic N) is 3. The highest BCUT2D eigenvalue weighted by Gasteiger charge is 2.23. The summed E-state index contributed by atoms with van der Waals surface area (Å²) in [6.45, 7) is 3.83. The molecule has 0 saturated heterocycles. The molecule has 1 aliphatic rings. The summed E-state index contributed by atoms with van der Waals surface area (Å²) >= 11 is 7.00. The van der Waals surface area contributed by atoms with Gasteiger partial charge in [0, 0.05) is 21.9 Å². The Morgan fingerprint density at radius 2 is 1.97 bits per heavy atom. The van der Waals surface area contributed by atoms with E-state index in [1.807, 2.05) is 12.1 Å². The number of benzene rings is 2. The van der Waals surface area contributed by atoms with Crippen molar-refractivity contribution in [2.24, 2.45) is 5.92 Å². The van der Waals surface area contributed by atoms with Crippen LogP contribution in [0.15, 0.2) is 70.7 Å². The summed E-state index contributed by atoms with van der Waals surface area (Å²) in [7, 11) is 0. The smallest absolute Gasteiger partial charge is 0.177 e. The van der Waals surface area contributed by atoms with Crippen LogP contribution in [-0.4, -0.2) is 36.7 Å². The van der Waals surface area contributed by atoms with Gasteiger partial charge in [-0.15, -0.1) is 0 Å². The molecule has 180 valence electrons. The highest BCUT2D eigenvalue weighted by molar-refractivity contribution is 7.99. The van der Waals surface area contributed by atoms with Crippen molar-refractivity contribution in [2.45, 2.75) is 48.6 Å². The third-order valence-corrected chi connectivity index (χ3v) is 7.15. The van der Waals surface area contributed by atoms with Crippen LogP contribution in [0.4, 0.5) is 10.1 Å². The molecule has 0 atom stereocenters. The summed E-state index contributed by atoms with van der Waals surface area (Å²) in [5.41, 5.74) is 3.40. The standard InChI is InChI=1S/C27H27FN4OS2/c1-27(2,33)16-30-22-14-25(35-21-5-3-4-20(28)13-21)31-32-23(15-29-26(22)32)18-8-10-19(11-9-18)24(34)12-17-6-7-17/h3-5,8-11,13-15,17,30,33H,6-7,12,16H2,1-2H3. The Morgan fingerprint density at radius 3 is 2.66 bits per heavy atom. The van der Waals surface area contributed by atoms with Crippen molar-refractivity contribution in [3.63, 3.8) is 0 Å². The fraction of sp³-hybridized carbons (Fsp3) is 0.296. The van der Waals surface area contributed by atoms with Crippen molar-refractivity contribution in [2.75, 3.05) is 11.9 Å². The van der Waals surface area contributed by atoms with E-state index < -0.39 is 5.60 Å². The van der Waals surface area contributed by atoms with Gasteiger partial charge in [-0.25, -0.2) is 13.9 Å². The largest absolute Gasteiger partial charge is 0.389 e. The summed E-state index contributed by atoms with van der Waals surface area (Å²) in [5, 5.41) is 19.0. The van der Waals surface area contributed by atoms with Crippen LogP contribution in [0.3, 0.4) is 0 Å². The second kappa shape index (κ2) is 9.68. The molecule has 5 rings (SSSR count). The number of aliphatic hydroxyl groups is 1. The lowest BCUT2D eigenvalue weighted by atomic mass is 10.0. The Morgan fingerprint density at radius 1 is 1.20 bits per heavy atom. The van der Waals surface area contributed by atoms with Gasteiger partial charge < -0.3 is 10.4 Å². The van der Waals surface area contributed by atoms with Crippen LogP contribution in [0.5, 0.6) is 0 Å². The molecule has 0 aliphatic heterocycles. The van der Waals surface area contributed by atoms with E-state index in [0.717, 1.165) is 44.6 Å². The summed E-state index contributed by atoms with van der Waals surface area (Å²) in [5.74, 6) is 0.466. The maximum Gasteiger partial charge on any atom is 0.177 e. The van der Waals surface area contributed by atoms with E-state index in [9.17, 15) is 9.50 Å². The third-order valence-electron chi connectivity index (χ3n) is 5.85. The highest BCUT2D eigenvalue weighted by atomic mass is 32.2. The van der Waals surface area contributed by atoms with Gasteiger partial charge in [0.15, 0.2) is 5.65 Å². The predicted molar refractivity (Wildman–Crippen MR) is 143 cm³/mol. The van der Waals surface area contributed by atoms with Gasteiger partial charge in [0.1, 0.15) is 10.8 Å². The molecule has 2 N–H and O–H groups in total. The zero-order chi connectivity index (χ0) is 24.6. The Balaban J connectivity index is 1.51. The van der Waals surface area contributed by atoms with Crippen LogP contribution in [0.2, 0.25) is 0 Å². The molecule has 1 aliphatic carbocycles. The average molecular weight is 507 g/mol. The minimum Gasteiger partial charge on any atom is -0.389 e. The first-order valence-corrected chi connectivity index (χ1v) is 12.9. The van der Waals surface area contributed by atoms with Crippen LogP contribution in [-0.2, 0) is 0 Å². The van der Waals surface area contributed by atoms with Crippen LogP contribution < -0.4 is 5.32 Å². The highest BCUT2D eigenvalue weighted by Crippen LogP contribution is 2.35. The molecule has 0 spiro atoms. The van der Waals surface area contributed by atoms with Gasteiger partial charge in [0.25, 0.3) is 0 Å². The number of rotatable bonds is 9. The Kier molecular flexibility index (Phi) is 6.61. The van der Waals surface area contributed by atoms with Crippen LogP contribution in [0.25, 0.3) is 16.9 Å². The number of imidazole rings is 1. The van der Waals surface area contributed by atoms with Crippen molar-refractivity contribution in [1.29, 1.82) is 0 Å². The van der Waals surface area contributed by atoms with E-state index in [1.165, 1.54) is 36.7 Å². The molecule has 0 bridgehead atoms. The molecular weight excluding hydrogens is 479 g/mol. The second-order valence-electron chi connectivity index (χ2n) is 9.65. The van der Waals surface area contributed by atoms with Crippen LogP contribution in [0.1, 0.15) is 38.7 Å². The lowest BCUT2D eigenvalue weighted by molar-refractivity contribution is 0.0945.